The van der Waals surface area contributed by atoms with Gasteiger partial charge in [0.15, 0.2) is 0 Å². The van der Waals surface area contributed by atoms with E-state index in [0.29, 0.717) is 13.2 Å². The van der Waals surface area contributed by atoms with E-state index in [4.69, 9.17) is 4.74 Å². The average Bonchev–Trinajstić information content (AvgIpc) is 2.29. The van der Waals surface area contributed by atoms with Crippen molar-refractivity contribution >= 4 is 11.8 Å². The van der Waals surface area contributed by atoms with E-state index in [1.807, 2.05) is 0 Å². The lowest BCUT2D eigenvalue weighted by molar-refractivity contribution is -0.0328. The highest BCUT2D eigenvalue weighted by Crippen LogP contribution is 2.37. The Morgan fingerprint density at radius 3 is 2.47 bits per heavy atom. The Labute approximate surface area is 102 Å². The van der Waals surface area contributed by atoms with E-state index < -0.39 is 5.51 Å². The highest BCUT2D eigenvalue weighted by molar-refractivity contribution is 8.00. The topological polar surface area (TPSA) is 21.3 Å². The van der Waals surface area contributed by atoms with Crippen molar-refractivity contribution in [1.82, 2.24) is 5.32 Å². The third-order valence-electron chi connectivity index (χ3n) is 2.44. The molecule has 6 heteroatoms. The first kappa shape index (κ1) is 12.7. The minimum atomic E-state index is -4.23. The Morgan fingerprint density at radius 1 is 1.24 bits per heavy atom. The molecule has 0 aromatic heterocycles. The number of rotatable bonds is 2. The van der Waals surface area contributed by atoms with Crippen molar-refractivity contribution < 1.29 is 17.9 Å². The Kier molecular flexibility index (Phi) is 3.96. The summed E-state index contributed by atoms with van der Waals surface area (Å²) < 4.78 is 41.7. The largest absolute Gasteiger partial charge is 0.446 e. The molecule has 0 bridgehead atoms. The van der Waals surface area contributed by atoms with Crippen molar-refractivity contribution in [2.24, 2.45) is 0 Å². The first-order chi connectivity index (χ1) is 8.04. The number of nitrogens with one attached hydrogen (secondary N) is 1. The lowest BCUT2D eigenvalue weighted by atomic mass is 10.1. The van der Waals surface area contributed by atoms with Crippen LogP contribution >= 0.6 is 11.8 Å². The smallest absolute Gasteiger partial charge is 0.378 e. The van der Waals surface area contributed by atoms with E-state index in [2.05, 4.69) is 5.32 Å². The molecule has 1 aliphatic heterocycles. The van der Waals surface area contributed by atoms with Gasteiger partial charge < -0.3 is 10.1 Å². The maximum atomic E-state index is 12.1. The van der Waals surface area contributed by atoms with Crippen LogP contribution in [0.2, 0.25) is 0 Å². The number of alkyl halides is 3. The minimum absolute atomic E-state index is 0.0775. The number of thioether (sulfide) groups is 1. The molecular weight excluding hydrogens is 251 g/mol. The van der Waals surface area contributed by atoms with Crippen molar-refractivity contribution in [1.29, 1.82) is 0 Å². The molecule has 1 aromatic carbocycles. The molecule has 0 unspecified atom stereocenters. The summed E-state index contributed by atoms with van der Waals surface area (Å²) in [5.74, 6) is 0. The van der Waals surface area contributed by atoms with Gasteiger partial charge in [-0.2, -0.15) is 13.2 Å². The maximum absolute atomic E-state index is 12.1. The maximum Gasteiger partial charge on any atom is 0.446 e. The molecule has 1 saturated heterocycles. The molecular formula is C11H12F3NOS. The quantitative estimate of drug-likeness (QED) is 0.829. The van der Waals surface area contributed by atoms with Crippen LogP contribution in [0.5, 0.6) is 0 Å². The fraction of sp³-hybridized carbons (Fsp3) is 0.455. The highest BCUT2D eigenvalue weighted by Gasteiger charge is 2.29. The van der Waals surface area contributed by atoms with Gasteiger partial charge in [-0.25, -0.2) is 0 Å². The molecule has 94 valence electrons. The standard InChI is InChI=1S/C11H12F3NOS/c12-11(13,14)17-9-3-1-8(2-4-9)10-7-16-6-5-15-10/h1-4,10,15H,5-7H2/t10-/m1/s1. The molecule has 1 fully saturated rings. The zero-order valence-electron chi connectivity index (χ0n) is 8.96. The van der Waals surface area contributed by atoms with Crippen molar-refractivity contribution in [2.75, 3.05) is 19.8 Å². The monoisotopic (exact) mass is 263 g/mol. The summed E-state index contributed by atoms with van der Waals surface area (Å²) in [6.45, 7) is 2.01. The molecule has 2 nitrogen and oxygen atoms in total. The first-order valence-electron chi connectivity index (χ1n) is 5.21. The zero-order valence-corrected chi connectivity index (χ0v) is 9.77. The van der Waals surface area contributed by atoms with Crippen LogP contribution in [-0.4, -0.2) is 25.3 Å². The molecule has 0 aliphatic carbocycles. The van der Waals surface area contributed by atoms with Gasteiger partial charge in [0.2, 0.25) is 0 Å². The second-order valence-corrected chi connectivity index (χ2v) is 4.84. The molecule has 0 radical (unpaired) electrons. The fourth-order valence-electron chi connectivity index (χ4n) is 1.68. The Bertz CT molecular complexity index is 360. The Balaban J connectivity index is 2.02. The molecule has 0 saturated carbocycles. The van der Waals surface area contributed by atoms with Gasteiger partial charge in [-0.05, 0) is 29.5 Å². The summed E-state index contributed by atoms with van der Waals surface area (Å²) in [5.41, 5.74) is -3.27. The number of ether oxygens (including phenoxy) is 1. The lowest BCUT2D eigenvalue weighted by Gasteiger charge is -2.24. The second-order valence-electron chi connectivity index (χ2n) is 3.70. The second kappa shape index (κ2) is 5.29. The van der Waals surface area contributed by atoms with Crippen molar-refractivity contribution in [3.05, 3.63) is 29.8 Å². The van der Waals surface area contributed by atoms with Crippen molar-refractivity contribution in [3.8, 4) is 0 Å². The van der Waals surface area contributed by atoms with Crippen LogP contribution in [0.25, 0.3) is 0 Å². The van der Waals surface area contributed by atoms with Gasteiger partial charge >= 0.3 is 5.51 Å². The normalized spacial score (nSPS) is 21.5. The number of benzene rings is 1. The van der Waals surface area contributed by atoms with E-state index in [1.165, 1.54) is 12.1 Å². The number of morpholine rings is 1. The van der Waals surface area contributed by atoms with Crippen LogP contribution < -0.4 is 5.32 Å². The van der Waals surface area contributed by atoms with Gasteiger partial charge in [0.05, 0.1) is 19.3 Å². The van der Waals surface area contributed by atoms with Crippen LogP contribution in [-0.2, 0) is 4.74 Å². The van der Waals surface area contributed by atoms with E-state index in [1.54, 1.807) is 12.1 Å². The first-order valence-corrected chi connectivity index (χ1v) is 6.03. The van der Waals surface area contributed by atoms with Gasteiger partial charge in [-0.1, -0.05) is 12.1 Å². The average molecular weight is 263 g/mol. The third kappa shape index (κ3) is 3.90. The van der Waals surface area contributed by atoms with Crippen molar-refractivity contribution in [2.45, 2.75) is 16.4 Å². The molecule has 17 heavy (non-hydrogen) atoms. The van der Waals surface area contributed by atoms with Crippen LogP contribution in [0.15, 0.2) is 29.2 Å². The highest BCUT2D eigenvalue weighted by atomic mass is 32.2. The van der Waals surface area contributed by atoms with E-state index in [0.717, 1.165) is 12.1 Å². The summed E-state index contributed by atoms with van der Waals surface area (Å²) in [5, 5.41) is 3.25. The van der Waals surface area contributed by atoms with E-state index >= 15 is 0 Å². The minimum Gasteiger partial charge on any atom is -0.378 e. The molecule has 2 rings (SSSR count). The fourth-order valence-corrected chi connectivity index (χ4v) is 2.22. The van der Waals surface area contributed by atoms with Crippen LogP contribution in [0.4, 0.5) is 13.2 Å². The summed E-state index contributed by atoms with van der Waals surface area (Å²) in [6, 6.07) is 6.47. The summed E-state index contributed by atoms with van der Waals surface area (Å²) >= 11 is -0.0956. The van der Waals surface area contributed by atoms with E-state index in [-0.39, 0.29) is 22.7 Å². The van der Waals surface area contributed by atoms with Crippen LogP contribution in [0, 0.1) is 0 Å². The molecule has 1 atom stereocenters. The van der Waals surface area contributed by atoms with Gasteiger partial charge in [0.1, 0.15) is 0 Å². The van der Waals surface area contributed by atoms with Crippen LogP contribution in [0.1, 0.15) is 11.6 Å². The molecule has 1 aromatic rings. The predicted molar refractivity (Wildman–Crippen MR) is 59.9 cm³/mol. The van der Waals surface area contributed by atoms with Crippen LogP contribution in [0.3, 0.4) is 0 Å². The summed E-state index contributed by atoms with van der Waals surface area (Å²) in [7, 11) is 0. The summed E-state index contributed by atoms with van der Waals surface area (Å²) in [4.78, 5) is 0.206. The SMILES string of the molecule is FC(F)(F)Sc1ccc([C@H]2COCCN2)cc1. The van der Waals surface area contributed by atoms with Gasteiger partial charge in [0.25, 0.3) is 0 Å². The number of hydrogen-bond acceptors (Lipinski definition) is 3. The third-order valence-corrected chi connectivity index (χ3v) is 3.18. The van der Waals surface area contributed by atoms with Crippen molar-refractivity contribution in [3.63, 3.8) is 0 Å². The molecule has 0 spiro atoms. The molecule has 0 amide bonds. The number of halogens is 3. The molecule has 1 N–H and O–H groups in total. The molecule has 1 heterocycles. The van der Waals surface area contributed by atoms with E-state index in [9.17, 15) is 13.2 Å². The Morgan fingerprint density at radius 2 is 1.94 bits per heavy atom. The van der Waals surface area contributed by atoms with Gasteiger partial charge in [-0.3, -0.25) is 0 Å². The number of hydrogen-bond donors (Lipinski definition) is 1. The molecule has 1 aliphatic rings. The zero-order chi connectivity index (χ0) is 12.3. The van der Waals surface area contributed by atoms with Gasteiger partial charge in [0, 0.05) is 11.4 Å². The predicted octanol–water partition coefficient (Wildman–Crippen LogP) is 2.96. The lowest BCUT2D eigenvalue weighted by Crippen LogP contribution is -2.34. The Hall–Kier alpha value is -0.720. The summed E-state index contributed by atoms with van der Waals surface area (Å²) in [6.07, 6.45) is 0. The van der Waals surface area contributed by atoms with Gasteiger partial charge in [-0.15, -0.1) is 0 Å².